The molecule has 44 heavy (non-hydrogen) atoms. The highest BCUT2D eigenvalue weighted by Crippen LogP contribution is 2.29. The van der Waals surface area contributed by atoms with Crippen molar-refractivity contribution in [1.82, 2.24) is 20.4 Å². The van der Waals surface area contributed by atoms with Gasteiger partial charge in [0.05, 0.1) is 0 Å². The molecule has 236 valence electrons. The molecule has 3 fully saturated rings. The second-order valence-corrected chi connectivity index (χ2v) is 12.3. The van der Waals surface area contributed by atoms with Crippen molar-refractivity contribution >= 4 is 17.7 Å². The molecular weight excluding hydrogens is 560 g/mol. The normalized spacial score (nSPS) is 24.5. The van der Waals surface area contributed by atoms with E-state index in [1.165, 1.54) is 24.9 Å². The van der Waals surface area contributed by atoms with Crippen molar-refractivity contribution in [2.24, 2.45) is 5.92 Å². The van der Waals surface area contributed by atoms with Crippen LogP contribution in [-0.4, -0.2) is 80.1 Å². The average molecular weight is 605 g/mol. The standard InChI is InChI=1S/C18H24N2O3.C16H20N2O3/c1-20-10-2-3-14(12-20)11-13-4-6-15(7-5-13)23-16-8-9-17(21)19-18(16)22;1-11-3-6-14(16(19)17-11)21-13-5-4-12-10-18(2)7-8-20-15(12)9-13/h4-7,14,16H,2-3,8-12H2,1H3,(H,19,21,22);4-5,9,14H,1,3,6-8,10H2,2H3,(H,17,19). The molecule has 0 aliphatic carbocycles. The second kappa shape index (κ2) is 14.7. The molecule has 2 aromatic carbocycles. The maximum atomic E-state index is 11.9. The summed E-state index contributed by atoms with van der Waals surface area (Å²) in [5, 5.41) is 5.04. The summed E-state index contributed by atoms with van der Waals surface area (Å²) in [6.45, 7) is 8.56. The average Bonchev–Trinajstić information content (AvgIpc) is 3.17. The lowest BCUT2D eigenvalue weighted by atomic mass is 9.91. The lowest BCUT2D eigenvalue weighted by Crippen LogP contribution is -2.46. The summed E-state index contributed by atoms with van der Waals surface area (Å²) in [5.41, 5.74) is 3.21. The molecule has 0 aromatic heterocycles. The monoisotopic (exact) mass is 604 g/mol. The third-order valence-electron chi connectivity index (χ3n) is 8.43. The molecule has 4 aliphatic heterocycles. The van der Waals surface area contributed by atoms with Gasteiger partial charge in [-0.2, -0.15) is 0 Å². The number of hydrogen-bond acceptors (Lipinski definition) is 8. The number of nitrogens with one attached hydrogen (secondary N) is 2. The van der Waals surface area contributed by atoms with Crippen LogP contribution in [0.4, 0.5) is 0 Å². The van der Waals surface area contributed by atoms with Crippen LogP contribution in [0.1, 0.15) is 49.7 Å². The van der Waals surface area contributed by atoms with Crippen molar-refractivity contribution in [3.8, 4) is 17.2 Å². The summed E-state index contributed by atoms with van der Waals surface area (Å²) >= 11 is 0. The molecular formula is C34H44N4O6. The Morgan fingerprint density at radius 1 is 0.864 bits per heavy atom. The number of likely N-dealkylation sites (N-methyl/N-ethyl adjacent to an activating group) is 1. The van der Waals surface area contributed by atoms with Gasteiger partial charge in [0.25, 0.3) is 11.8 Å². The van der Waals surface area contributed by atoms with Crippen molar-refractivity contribution in [2.45, 2.75) is 63.7 Å². The van der Waals surface area contributed by atoms with Gasteiger partial charge < -0.3 is 24.4 Å². The summed E-state index contributed by atoms with van der Waals surface area (Å²) < 4.78 is 17.3. The third-order valence-corrected chi connectivity index (χ3v) is 8.43. The molecule has 0 spiro atoms. The number of rotatable bonds is 6. The summed E-state index contributed by atoms with van der Waals surface area (Å²) in [7, 11) is 4.26. The molecule has 2 N–H and O–H groups in total. The van der Waals surface area contributed by atoms with E-state index in [2.05, 4.69) is 53.2 Å². The Bertz CT molecular complexity index is 1350. The number of ether oxygens (including phenoxy) is 3. The van der Waals surface area contributed by atoms with Crippen LogP contribution in [0, 0.1) is 5.92 Å². The number of allylic oxidation sites excluding steroid dienone is 1. The molecule has 6 rings (SSSR count). The predicted octanol–water partition coefficient (Wildman–Crippen LogP) is 3.44. The molecule has 0 saturated carbocycles. The topological polar surface area (TPSA) is 109 Å². The number of likely N-dealkylation sites (tertiary alicyclic amines) is 1. The van der Waals surface area contributed by atoms with Gasteiger partial charge in [-0.1, -0.05) is 24.8 Å². The van der Waals surface area contributed by atoms with Crippen molar-refractivity contribution < 1.29 is 28.6 Å². The number of carbonyl (C=O) groups excluding carboxylic acids is 3. The smallest absolute Gasteiger partial charge is 0.267 e. The van der Waals surface area contributed by atoms with E-state index in [4.69, 9.17) is 14.2 Å². The molecule has 0 radical (unpaired) electrons. The fourth-order valence-corrected chi connectivity index (χ4v) is 6.01. The minimum absolute atomic E-state index is 0.123. The maximum absolute atomic E-state index is 11.9. The van der Waals surface area contributed by atoms with Gasteiger partial charge in [0.2, 0.25) is 5.91 Å². The molecule has 0 bridgehead atoms. The number of fused-ring (bicyclic) bond motifs is 1. The Labute approximate surface area is 259 Å². The van der Waals surface area contributed by atoms with Gasteiger partial charge >= 0.3 is 0 Å². The van der Waals surface area contributed by atoms with E-state index in [1.807, 2.05) is 30.3 Å². The van der Waals surface area contributed by atoms with E-state index >= 15 is 0 Å². The van der Waals surface area contributed by atoms with E-state index in [0.717, 1.165) is 55.4 Å². The molecule has 3 unspecified atom stereocenters. The fraction of sp³-hybridized carbons (Fsp3) is 0.500. The Hall–Kier alpha value is -3.89. The lowest BCUT2D eigenvalue weighted by Gasteiger charge is -2.29. The minimum atomic E-state index is -0.564. The molecule has 3 saturated heterocycles. The highest BCUT2D eigenvalue weighted by atomic mass is 16.5. The van der Waals surface area contributed by atoms with Crippen molar-refractivity contribution in [2.75, 3.05) is 40.3 Å². The highest BCUT2D eigenvalue weighted by molar-refractivity contribution is 5.99. The highest BCUT2D eigenvalue weighted by Gasteiger charge is 2.28. The van der Waals surface area contributed by atoms with Crippen LogP contribution >= 0.6 is 0 Å². The van der Waals surface area contributed by atoms with E-state index in [1.54, 1.807) is 0 Å². The van der Waals surface area contributed by atoms with Crippen LogP contribution in [0.5, 0.6) is 17.2 Å². The number of imide groups is 1. The zero-order valence-electron chi connectivity index (χ0n) is 25.8. The molecule has 3 atom stereocenters. The maximum Gasteiger partial charge on any atom is 0.267 e. The molecule has 10 heteroatoms. The zero-order chi connectivity index (χ0) is 31.1. The van der Waals surface area contributed by atoms with Gasteiger partial charge in [-0.15, -0.1) is 0 Å². The van der Waals surface area contributed by atoms with Crippen LogP contribution < -0.4 is 24.8 Å². The van der Waals surface area contributed by atoms with Crippen LogP contribution in [-0.2, 0) is 27.3 Å². The largest absolute Gasteiger partial charge is 0.492 e. The van der Waals surface area contributed by atoms with Gasteiger partial charge in [-0.05, 0) is 82.4 Å². The second-order valence-electron chi connectivity index (χ2n) is 12.3. The van der Waals surface area contributed by atoms with Crippen LogP contribution in [0.2, 0.25) is 0 Å². The van der Waals surface area contributed by atoms with E-state index in [-0.39, 0.29) is 17.7 Å². The first-order chi connectivity index (χ1) is 21.2. The van der Waals surface area contributed by atoms with Crippen molar-refractivity contribution in [3.63, 3.8) is 0 Å². The number of nitrogens with zero attached hydrogens (tertiary/aromatic N) is 2. The zero-order valence-corrected chi connectivity index (χ0v) is 25.8. The van der Waals surface area contributed by atoms with Gasteiger partial charge in [0, 0.05) is 49.8 Å². The SMILES string of the molecule is C=C1CCC(Oc2ccc3c(c2)OCCN(C)C3)C(=O)N1.CN1CCCC(Cc2ccc(OC3CCC(=O)NC3=O)cc2)C1. The van der Waals surface area contributed by atoms with E-state index in [9.17, 15) is 14.4 Å². The van der Waals surface area contributed by atoms with E-state index in [0.29, 0.717) is 37.4 Å². The van der Waals surface area contributed by atoms with Crippen LogP contribution in [0.25, 0.3) is 0 Å². The molecule has 4 aliphatic rings. The third kappa shape index (κ3) is 8.83. The summed E-state index contributed by atoms with van der Waals surface area (Å²) in [4.78, 5) is 39.3. The number of hydrogen-bond donors (Lipinski definition) is 2. The first-order valence-corrected chi connectivity index (χ1v) is 15.6. The Morgan fingerprint density at radius 3 is 2.30 bits per heavy atom. The molecule has 10 nitrogen and oxygen atoms in total. The lowest BCUT2D eigenvalue weighted by molar-refractivity contribution is -0.139. The van der Waals surface area contributed by atoms with Gasteiger partial charge in [0.15, 0.2) is 12.2 Å². The summed E-state index contributed by atoms with van der Waals surface area (Å²) in [6, 6.07) is 13.8. The Kier molecular flexibility index (Phi) is 10.6. The summed E-state index contributed by atoms with van der Waals surface area (Å²) in [6.07, 6.45) is 4.82. The predicted molar refractivity (Wildman–Crippen MR) is 166 cm³/mol. The first-order valence-electron chi connectivity index (χ1n) is 15.6. The van der Waals surface area contributed by atoms with Crippen molar-refractivity contribution in [3.05, 3.63) is 65.9 Å². The number of carbonyl (C=O) groups is 3. The number of piperidine rings is 3. The van der Waals surface area contributed by atoms with Gasteiger partial charge in [-0.3, -0.25) is 24.6 Å². The summed E-state index contributed by atoms with van der Waals surface area (Å²) in [5.74, 6) is 2.24. The molecule has 4 heterocycles. The Morgan fingerprint density at radius 2 is 1.57 bits per heavy atom. The molecule has 3 amide bonds. The van der Waals surface area contributed by atoms with Gasteiger partial charge in [0.1, 0.15) is 23.9 Å². The number of benzene rings is 2. The van der Waals surface area contributed by atoms with Crippen LogP contribution in [0.15, 0.2) is 54.7 Å². The van der Waals surface area contributed by atoms with E-state index < -0.39 is 12.2 Å². The quantitative estimate of drug-likeness (QED) is 0.483. The Balaban J connectivity index is 0.000000175. The first kappa shape index (κ1) is 31.5. The number of amides is 3. The van der Waals surface area contributed by atoms with Crippen LogP contribution in [0.3, 0.4) is 0 Å². The van der Waals surface area contributed by atoms with Crippen molar-refractivity contribution in [1.29, 1.82) is 0 Å². The molecule has 2 aromatic rings. The van der Waals surface area contributed by atoms with Gasteiger partial charge in [-0.25, -0.2) is 0 Å². The fourth-order valence-electron chi connectivity index (χ4n) is 6.01. The minimum Gasteiger partial charge on any atom is -0.492 e.